The predicted molar refractivity (Wildman–Crippen MR) is 39.7 cm³/mol. The number of hydrogen-bond acceptors (Lipinski definition) is 2. The van der Waals surface area contributed by atoms with Crippen LogP contribution in [0.15, 0.2) is 0 Å². The van der Waals surface area contributed by atoms with E-state index in [1.807, 2.05) is 0 Å². The number of hydrogen-bond donors (Lipinski definition) is 2. The van der Waals surface area contributed by atoms with E-state index in [2.05, 4.69) is 5.32 Å². The number of aliphatic hydroxyl groups excluding tert-OH is 1. The summed E-state index contributed by atoms with van der Waals surface area (Å²) < 4.78 is 0. The van der Waals surface area contributed by atoms with Crippen molar-refractivity contribution in [3.63, 3.8) is 0 Å². The molecule has 0 amide bonds. The van der Waals surface area contributed by atoms with Gasteiger partial charge in [-0.1, -0.05) is 0 Å². The Morgan fingerprint density at radius 1 is 1.20 bits per heavy atom. The van der Waals surface area contributed by atoms with Gasteiger partial charge in [-0.15, -0.1) is 0 Å². The van der Waals surface area contributed by atoms with Gasteiger partial charge in [0.2, 0.25) is 0 Å². The molecule has 1 saturated heterocycles. The van der Waals surface area contributed by atoms with Crippen LogP contribution in [0.5, 0.6) is 0 Å². The van der Waals surface area contributed by atoms with Gasteiger partial charge in [0.1, 0.15) is 0 Å². The van der Waals surface area contributed by atoms with Crippen molar-refractivity contribution >= 4 is 0 Å². The van der Waals surface area contributed by atoms with Crippen molar-refractivity contribution in [3.8, 4) is 0 Å². The summed E-state index contributed by atoms with van der Waals surface area (Å²) in [4.78, 5) is 0. The standard InChI is InChI=1S/C8H15NO/c10-8(6-1-2-6)7-3-4-9-5-7/h6-10H,1-5H2/t7-,8?/m1/s1. The van der Waals surface area contributed by atoms with E-state index < -0.39 is 0 Å². The Hall–Kier alpha value is -0.0800. The third kappa shape index (κ3) is 1.18. The van der Waals surface area contributed by atoms with Crippen molar-refractivity contribution in [2.24, 2.45) is 11.8 Å². The molecule has 0 aromatic heterocycles. The maximum absolute atomic E-state index is 9.65. The summed E-state index contributed by atoms with van der Waals surface area (Å²) in [5.74, 6) is 1.22. The molecule has 2 heteroatoms. The number of nitrogens with one attached hydrogen (secondary N) is 1. The SMILES string of the molecule is OC(C1CC1)[C@@H]1CCNC1. The molecule has 2 rings (SSSR count). The summed E-state index contributed by atoms with van der Waals surface area (Å²) in [6, 6.07) is 0. The second kappa shape index (κ2) is 2.51. The molecule has 0 aromatic carbocycles. The first-order valence-corrected chi connectivity index (χ1v) is 4.26. The maximum atomic E-state index is 9.65. The van der Waals surface area contributed by atoms with Gasteiger partial charge in [0.25, 0.3) is 0 Å². The first kappa shape index (κ1) is 6.62. The maximum Gasteiger partial charge on any atom is 0.0609 e. The van der Waals surface area contributed by atoms with Crippen LogP contribution in [0, 0.1) is 11.8 Å². The van der Waals surface area contributed by atoms with Gasteiger partial charge in [-0.05, 0) is 37.6 Å². The highest BCUT2D eigenvalue weighted by atomic mass is 16.3. The fourth-order valence-electron chi connectivity index (χ4n) is 1.79. The first-order valence-electron chi connectivity index (χ1n) is 4.26. The minimum absolute atomic E-state index is 0.00926. The number of rotatable bonds is 2. The molecule has 2 aliphatic rings. The third-order valence-corrected chi connectivity index (χ3v) is 2.69. The molecular weight excluding hydrogens is 126 g/mol. The van der Waals surface area contributed by atoms with Crippen LogP contribution in [0.25, 0.3) is 0 Å². The predicted octanol–water partition coefficient (Wildman–Crippen LogP) is 0.367. The fourth-order valence-corrected chi connectivity index (χ4v) is 1.79. The van der Waals surface area contributed by atoms with Crippen molar-refractivity contribution in [3.05, 3.63) is 0 Å². The van der Waals surface area contributed by atoms with Gasteiger partial charge < -0.3 is 10.4 Å². The molecule has 2 nitrogen and oxygen atoms in total. The Balaban J connectivity index is 1.84. The van der Waals surface area contributed by atoms with Crippen LogP contribution in [0.4, 0.5) is 0 Å². The Morgan fingerprint density at radius 2 is 2.00 bits per heavy atom. The fraction of sp³-hybridized carbons (Fsp3) is 1.00. The average molecular weight is 141 g/mol. The summed E-state index contributed by atoms with van der Waals surface area (Å²) in [6.07, 6.45) is 3.71. The smallest absolute Gasteiger partial charge is 0.0609 e. The van der Waals surface area contributed by atoms with Crippen LogP contribution >= 0.6 is 0 Å². The monoisotopic (exact) mass is 141 g/mol. The van der Waals surface area contributed by atoms with Crippen molar-refractivity contribution in [2.75, 3.05) is 13.1 Å². The van der Waals surface area contributed by atoms with E-state index in [1.54, 1.807) is 0 Å². The van der Waals surface area contributed by atoms with Crippen LogP contribution in [0.1, 0.15) is 19.3 Å². The van der Waals surface area contributed by atoms with E-state index in [1.165, 1.54) is 19.3 Å². The molecule has 2 N–H and O–H groups in total. The van der Waals surface area contributed by atoms with Gasteiger partial charge in [-0.2, -0.15) is 0 Å². The highest BCUT2D eigenvalue weighted by Crippen LogP contribution is 2.37. The lowest BCUT2D eigenvalue weighted by atomic mass is 9.98. The molecule has 1 saturated carbocycles. The molecular formula is C8H15NO. The Labute approximate surface area is 61.6 Å². The van der Waals surface area contributed by atoms with E-state index in [9.17, 15) is 5.11 Å². The zero-order valence-electron chi connectivity index (χ0n) is 6.21. The van der Waals surface area contributed by atoms with Gasteiger partial charge in [-0.25, -0.2) is 0 Å². The van der Waals surface area contributed by atoms with Gasteiger partial charge in [0.15, 0.2) is 0 Å². The molecule has 0 bridgehead atoms. The van der Waals surface area contributed by atoms with Gasteiger partial charge in [0, 0.05) is 6.54 Å². The van der Waals surface area contributed by atoms with Gasteiger partial charge >= 0.3 is 0 Å². The summed E-state index contributed by atoms with van der Waals surface area (Å²) in [5, 5.41) is 12.9. The lowest BCUT2D eigenvalue weighted by molar-refractivity contribution is 0.0955. The quantitative estimate of drug-likeness (QED) is 0.582. The lowest BCUT2D eigenvalue weighted by Crippen LogP contribution is -2.24. The Kier molecular flexibility index (Phi) is 1.66. The zero-order chi connectivity index (χ0) is 6.97. The molecule has 1 heterocycles. The van der Waals surface area contributed by atoms with Gasteiger partial charge in [-0.3, -0.25) is 0 Å². The summed E-state index contributed by atoms with van der Waals surface area (Å²) in [6.45, 7) is 2.14. The highest BCUT2D eigenvalue weighted by Gasteiger charge is 2.35. The van der Waals surface area contributed by atoms with Crippen molar-refractivity contribution in [2.45, 2.75) is 25.4 Å². The van der Waals surface area contributed by atoms with Gasteiger partial charge in [0.05, 0.1) is 6.10 Å². The topological polar surface area (TPSA) is 32.3 Å². The summed E-state index contributed by atoms with van der Waals surface area (Å²) in [7, 11) is 0. The van der Waals surface area contributed by atoms with E-state index >= 15 is 0 Å². The summed E-state index contributed by atoms with van der Waals surface area (Å²) in [5.41, 5.74) is 0. The highest BCUT2D eigenvalue weighted by molar-refractivity contribution is 4.88. The second-order valence-electron chi connectivity index (χ2n) is 3.58. The molecule has 58 valence electrons. The van der Waals surface area contributed by atoms with Crippen molar-refractivity contribution in [1.29, 1.82) is 0 Å². The van der Waals surface area contributed by atoms with Crippen LogP contribution in [0.3, 0.4) is 0 Å². The van der Waals surface area contributed by atoms with Crippen molar-refractivity contribution in [1.82, 2.24) is 5.32 Å². The molecule has 1 aliphatic carbocycles. The largest absolute Gasteiger partial charge is 0.393 e. The minimum Gasteiger partial charge on any atom is -0.393 e. The van der Waals surface area contributed by atoms with Crippen LogP contribution in [-0.2, 0) is 0 Å². The molecule has 0 radical (unpaired) electrons. The minimum atomic E-state index is 0.00926. The van der Waals surface area contributed by atoms with E-state index in [0.717, 1.165) is 13.1 Å². The average Bonchev–Trinajstić information content (AvgIpc) is 2.65. The molecule has 2 atom stereocenters. The van der Waals surface area contributed by atoms with E-state index in [0.29, 0.717) is 11.8 Å². The molecule has 0 aromatic rings. The molecule has 1 aliphatic heterocycles. The Morgan fingerprint density at radius 3 is 2.50 bits per heavy atom. The third-order valence-electron chi connectivity index (χ3n) is 2.69. The van der Waals surface area contributed by atoms with Crippen molar-refractivity contribution < 1.29 is 5.11 Å². The number of aliphatic hydroxyl groups is 1. The Bertz CT molecular complexity index is 116. The molecule has 1 unspecified atom stereocenters. The van der Waals surface area contributed by atoms with Crippen LogP contribution in [0.2, 0.25) is 0 Å². The van der Waals surface area contributed by atoms with Crippen LogP contribution in [-0.4, -0.2) is 24.3 Å². The lowest BCUT2D eigenvalue weighted by Gasteiger charge is -2.15. The normalized spacial score (nSPS) is 36.3. The second-order valence-corrected chi connectivity index (χ2v) is 3.58. The van der Waals surface area contributed by atoms with E-state index in [-0.39, 0.29) is 6.10 Å². The van der Waals surface area contributed by atoms with Crippen LogP contribution < -0.4 is 5.32 Å². The molecule has 2 fully saturated rings. The summed E-state index contributed by atoms with van der Waals surface area (Å²) >= 11 is 0. The van der Waals surface area contributed by atoms with E-state index in [4.69, 9.17) is 0 Å². The zero-order valence-corrected chi connectivity index (χ0v) is 6.21. The first-order chi connectivity index (χ1) is 4.88. The molecule has 0 spiro atoms. The molecule has 10 heavy (non-hydrogen) atoms.